The van der Waals surface area contributed by atoms with Gasteiger partial charge in [0, 0.05) is 49.2 Å². The third-order valence-corrected chi connectivity index (χ3v) is 6.10. The SMILES string of the molecule is Cc1cccc(C(=O)N(CCN2CCOCC2)Cc2cc3cccc(C)c3nc2Cl)c1. The summed E-state index contributed by atoms with van der Waals surface area (Å²) in [6.07, 6.45) is 0. The number of fused-ring (bicyclic) bond motifs is 1. The van der Waals surface area contributed by atoms with E-state index in [0.29, 0.717) is 23.8 Å². The lowest BCUT2D eigenvalue weighted by Gasteiger charge is -2.30. The zero-order valence-electron chi connectivity index (χ0n) is 18.1. The summed E-state index contributed by atoms with van der Waals surface area (Å²) in [6, 6.07) is 15.9. The van der Waals surface area contributed by atoms with Crippen LogP contribution in [-0.2, 0) is 11.3 Å². The second kappa shape index (κ2) is 9.77. The molecule has 1 aliphatic heterocycles. The summed E-state index contributed by atoms with van der Waals surface area (Å²) in [7, 11) is 0. The lowest BCUT2D eigenvalue weighted by atomic mass is 10.1. The number of hydrogen-bond acceptors (Lipinski definition) is 4. The molecule has 0 aliphatic carbocycles. The van der Waals surface area contributed by atoms with Gasteiger partial charge in [0.15, 0.2) is 0 Å². The topological polar surface area (TPSA) is 45.7 Å². The van der Waals surface area contributed by atoms with Crippen LogP contribution in [0.5, 0.6) is 0 Å². The molecule has 162 valence electrons. The highest BCUT2D eigenvalue weighted by atomic mass is 35.5. The summed E-state index contributed by atoms with van der Waals surface area (Å²) in [6.45, 7) is 9.15. The molecule has 0 N–H and O–H groups in total. The normalized spacial score (nSPS) is 14.7. The van der Waals surface area contributed by atoms with E-state index >= 15 is 0 Å². The van der Waals surface area contributed by atoms with Crippen molar-refractivity contribution in [1.82, 2.24) is 14.8 Å². The van der Waals surface area contributed by atoms with Gasteiger partial charge in [-0.05, 0) is 37.6 Å². The number of halogens is 1. The number of rotatable bonds is 6. The number of benzene rings is 2. The molecule has 1 aliphatic rings. The van der Waals surface area contributed by atoms with Gasteiger partial charge in [-0.25, -0.2) is 4.98 Å². The fourth-order valence-corrected chi connectivity index (χ4v) is 4.18. The number of carbonyl (C=O) groups is 1. The number of amides is 1. The largest absolute Gasteiger partial charge is 0.379 e. The van der Waals surface area contributed by atoms with Crippen LogP contribution in [0.15, 0.2) is 48.5 Å². The molecule has 0 saturated carbocycles. The number of morpholine rings is 1. The van der Waals surface area contributed by atoms with Crippen molar-refractivity contribution in [2.24, 2.45) is 0 Å². The number of pyridine rings is 1. The van der Waals surface area contributed by atoms with E-state index in [1.54, 1.807) is 0 Å². The minimum atomic E-state index is 0.0114. The molecule has 2 aromatic carbocycles. The highest BCUT2D eigenvalue weighted by molar-refractivity contribution is 6.30. The van der Waals surface area contributed by atoms with Crippen molar-refractivity contribution in [3.8, 4) is 0 Å². The monoisotopic (exact) mass is 437 g/mol. The maximum absolute atomic E-state index is 13.4. The zero-order valence-corrected chi connectivity index (χ0v) is 18.9. The average Bonchev–Trinajstić information content (AvgIpc) is 2.78. The van der Waals surface area contributed by atoms with Gasteiger partial charge in [-0.3, -0.25) is 9.69 Å². The van der Waals surface area contributed by atoms with Crippen molar-refractivity contribution < 1.29 is 9.53 Å². The smallest absolute Gasteiger partial charge is 0.254 e. The summed E-state index contributed by atoms with van der Waals surface area (Å²) in [4.78, 5) is 22.3. The molecule has 0 bridgehead atoms. The van der Waals surface area contributed by atoms with Crippen LogP contribution in [0, 0.1) is 13.8 Å². The van der Waals surface area contributed by atoms with Crippen molar-refractivity contribution in [3.05, 3.63) is 75.9 Å². The van der Waals surface area contributed by atoms with Crippen molar-refractivity contribution in [3.63, 3.8) is 0 Å². The Kier molecular flexibility index (Phi) is 6.86. The van der Waals surface area contributed by atoms with Crippen molar-refractivity contribution >= 4 is 28.4 Å². The highest BCUT2D eigenvalue weighted by Gasteiger charge is 2.20. The number of ether oxygens (including phenoxy) is 1. The van der Waals surface area contributed by atoms with Crippen LogP contribution in [0.2, 0.25) is 5.15 Å². The fraction of sp³-hybridized carbons (Fsp3) is 0.360. The molecule has 1 aromatic heterocycles. The predicted octanol–water partition coefficient (Wildman–Crippen LogP) is 4.48. The summed E-state index contributed by atoms with van der Waals surface area (Å²) in [5, 5.41) is 1.49. The van der Waals surface area contributed by atoms with Gasteiger partial charge in [-0.15, -0.1) is 0 Å². The Morgan fingerprint density at radius 3 is 2.68 bits per heavy atom. The van der Waals surface area contributed by atoms with Gasteiger partial charge in [0.05, 0.1) is 18.7 Å². The minimum Gasteiger partial charge on any atom is -0.379 e. The molecule has 3 aromatic rings. The first kappa shape index (κ1) is 21.8. The number of para-hydroxylation sites is 1. The van der Waals surface area contributed by atoms with E-state index in [9.17, 15) is 4.79 Å². The van der Waals surface area contributed by atoms with E-state index in [-0.39, 0.29) is 5.91 Å². The number of hydrogen-bond donors (Lipinski definition) is 0. The first-order chi connectivity index (χ1) is 15.0. The molecule has 0 spiro atoms. The van der Waals surface area contributed by atoms with Gasteiger partial charge in [-0.2, -0.15) is 0 Å². The third-order valence-electron chi connectivity index (χ3n) is 5.78. The predicted molar refractivity (Wildman–Crippen MR) is 125 cm³/mol. The summed E-state index contributed by atoms with van der Waals surface area (Å²) in [5.74, 6) is 0.0114. The second-order valence-corrected chi connectivity index (χ2v) is 8.49. The Morgan fingerprint density at radius 1 is 1.13 bits per heavy atom. The molecular weight excluding hydrogens is 410 g/mol. The van der Waals surface area contributed by atoms with E-state index in [1.165, 1.54) is 0 Å². The molecule has 0 radical (unpaired) electrons. The molecule has 1 fully saturated rings. The van der Waals surface area contributed by atoms with E-state index < -0.39 is 0 Å². The van der Waals surface area contributed by atoms with Gasteiger partial charge < -0.3 is 9.64 Å². The minimum absolute atomic E-state index is 0.0114. The first-order valence-corrected chi connectivity index (χ1v) is 11.1. The van der Waals surface area contributed by atoms with Gasteiger partial charge >= 0.3 is 0 Å². The van der Waals surface area contributed by atoms with Gasteiger partial charge in [-0.1, -0.05) is 47.5 Å². The molecule has 0 unspecified atom stereocenters. The highest BCUT2D eigenvalue weighted by Crippen LogP contribution is 2.24. The Hall–Kier alpha value is -2.47. The van der Waals surface area contributed by atoms with Gasteiger partial charge in [0.1, 0.15) is 5.15 Å². The number of aromatic nitrogens is 1. The van der Waals surface area contributed by atoms with Gasteiger partial charge in [0.25, 0.3) is 5.91 Å². The lowest BCUT2D eigenvalue weighted by molar-refractivity contribution is 0.0320. The lowest BCUT2D eigenvalue weighted by Crippen LogP contribution is -2.43. The molecule has 2 heterocycles. The molecule has 6 heteroatoms. The van der Waals surface area contributed by atoms with Crippen LogP contribution in [0.3, 0.4) is 0 Å². The van der Waals surface area contributed by atoms with Crippen LogP contribution < -0.4 is 0 Å². The second-order valence-electron chi connectivity index (χ2n) is 8.14. The number of aryl methyl sites for hydroxylation is 2. The number of nitrogens with zero attached hydrogens (tertiary/aromatic N) is 3. The summed E-state index contributed by atoms with van der Waals surface area (Å²) in [5.41, 5.74) is 4.62. The molecule has 1 saturated heterocycles. The zero-order chi connectivity index (χ0) is 21.8. The fourth-order valence-electron chi connectivity index (χ4n) is 3.98. The van der Waals surface area contributed by atoms with Crippen molar-refractivity contribution in [1.29, 1.82) is 0 Å². The van der Waals surface area contributed by atoms with Crippen LogP contribution in [0.4, 0.5) is 0 Å². The Morgan fingerprint density at radius 2 is 1.90 bits per heavy atom. The Balaban J connectivity index is 1.61. The van der Waals surface area contributed by atoms with E-state index in [2.05, 4.69) is 16.0 Å². The van der Waals surface area contributed by atoms with Crippen LogP contribution >= 0.6 is 11.6 Å². The maximum Gasteiger partial charge on any atom is 0.254 e. The Bertz CT molecular complexity index is 1080. The molecule has 5 nitrogen and oxygen atoms in total. The van der Waals surface area contributed by atoms with E-state index in [0.717, 1.165) is 60.4 Å². The standard InChI is InChI=1S/C25H28ClN3O2/c1-18-5-3-8-21(15-18)25(30)29(10-9-28-11-13-31-14-12-28)17-22-16-20-7-4-6-19(2)23(20)27-24(22)26/h3-8,15-16H,9-14,17H2,1-2H3. The van der Waals surface area contributed by atoms with Crippen LogP contribution in [-0.4, -0.2) is 60.1 Å². The first-order valence-electron chi connectivity index (χ1n) is 10.7. The van der Waals surface area contributed by atoms with Crippen LogP contribution in [0.25, 0.3) is 10.9 Å². The Labute approximate surface area is 188 Å². The third kappa shape index (κ3) is 5.24. The van der Waals surface area contributed by atoms with E-state index in [4.69, 9.17) is 16.3 Å². The summed E-state index contributed by atoms with van der Waals surface area (Å²) >= 11 is 6.57. The molecule has 1 amide bonds. The van der Waals surface area contributed by atoms with Crippen LogP contribution in [0.1, 0.15) is 27.0 Å². The molecule has 4 rings (SSSR count). The quantitative estimate of drug-likeness (QED) is 0.533. The molecular formula is C25H28ClN3O2. The molecule has 0 atom stereocenters. The maximum atomic E-state index is 13.4. The summed E-state index contributed by atoms with van der Waals surface area (Å²) < 4.78 is 5.45. The van der Waals surface area contributed by atoms with E-state index in [1.807, 2.05) is 61.2 Å². The average molecular weight is 438 g/mol. The van der Waals surface area contributed by atoms with Gasteiger partial charge in [0.2, 0.25) is 0 Å². The van der Waals surface area contributed by atoms with Crippen molar-refractivity contribution in [2.75, 3.05) is 39.4 Å². The number of carbonyl (C=O) groups excluding carboxylic acids is 1. The molecule has 31 heavy (non-hydrogen) atoms. The van der Waals surface area contributed by atoms with Crippen molar-refractivity contribution in [2.45, 2.75) is 20.4 Å².